The molecule has 2 heterocycles. The Morgan fingerprint density at radius 1 is 1.52 bits per heavy atom. The molecule has 4 N–H and O–H groups in total. The lowest BCUT2D eigenvalue weighted by Gasteiger charge is -2.32. The zero-order chi connectivity index (χ0) is 18.6. The van der Waals surface area contributed by atoms with Gasteiger partial charge in [-0.15, -0.1) is 23.7 Å². The molecule has 0 radical (unpaired) electrons. The van der Waals surface area contributed by atoms with Gasteiger partial charge in [-0.1, -0.05) is 12.1 Å². The minimum Gasteiger partial charge on any atom is -0.497 e. The molecule has 0 bridgehead atoms. The number of hydrogen-bond donors (Lipinski definition) is 3. The summed E-state index contributed by atoms with van der Waals surface area (Å²) in [5.41, 5.74) is 6.79. The number of ether oxygens (including phenoxy) is 1. The van der Waals surface area contributed by atoms with Crippen molar-refractivity contribution in [1.82, 2.24) is 10.6 Å². The van der Waals surface area contributed by atoms with Crippen molar-refractivity contribution in [2.75, 3.05) is 20.2 Å². The van der Waals surface area contributed by atoms with Crippen LogP contribution < -0.4 is 21.1 Å². The standard InChI is InChI=1S/C19H22N4O2S.ClH/c1-25-14-4-5-16(13(9-14)11-20)19(6-7-22-12-19)23-18(24)17(21)10-15-3-2-8-26-15;/h2-5,8-9,17,22H,6-7,10,12,21H2,1H3,(H,23,24);1H/t17-,19+;/m0./s1. The predicted octanol–water partition coefficient (Wildman–Crippen LogP) is 1.92. The van der Waals surface area contributed by atoms with Crippen LogP contribution in [0.1, 0.15) is 22.4 Å². The van der Waals surface area contributed by atoms with Crippen LogP contribution in [0.25, 0.3) is 0 Å². The van der Waals surface area contributed by atoms with E-state index >= 15 is 0 Å². The number of rotatable bonds is 6. The number of thiophene rings is 1. The third-order valence-corrected chi connectivity index (χ3v) is 5.62. The van der Waals surface area contributed by atoms with Crippen molar-refractivity contribution in [1.29, 1.82) is 5.26 Å². The number of nitrogens with zero attached hydrogens (tertiary/aromatic N) is 1. The molecule has 0 spiro atoms. The van der Waals surface area contributed by atoms with Gasteiger partial charge in [0.1, 0.15) is 5.75 Å². The summed E-state index contributed by atoms with van der Waals surface area (Å²) in [7, 11) is 1.56. The van der Waals surface area contributed by atoms with Gasteiger partial charge in [0.25, 0.3) is 0 Å². The number of benzene rings is 1. The molecule has 1 aliphatic heterocycles. The first-order chi connectivity index (χ1) is 12.6. The van der Waals surface area contributed by atoms with E-state index in [-0.39, 0.29) is 18.3 Å². The smallest absolute Gasteiger partial charge is 0.238 e. The van der Waals surface area contributed by atoms with Crippen LogP contribution in [0.5, 0.6) is 5.75 Å². The second-order valence-electron chi connectivity index (χ2n) is 6.41. The van der Waals surface area contributed by atoms with Gasteiger partial charge in [0, 0.05) is 17.8 Å². The lowest BCUT2D eigenvalue weighted by molar-refractivity contribution is -0.124. The molecular formula is C19H23ClN4O2S. The molecular weight excluding hydrogens is 384 g/mol. The molecule has 2 atom stereocenters. The molecule has 1 amide bonds. The molecule has 3 rings (SSSR count). The van der Waals surface area contributed by atoms with Gasteiger partial charge >= 0.3 is 0 Å². The highest BCUT2D eigenvalue weighted by molar-refractivity contribution is 7.09. The molecule has 0 saturated carbocycles. The van der Waals surface area contributed by atoms with Gasteiger partial charge in [-0.3, -0.25) is 4.79 Å². The van der Waals surface area contributed by atoms with Crippen LogP contribution in [0, 0.1) is 11.3 Å². The predicted molar refractivity (Wildman–Crippen MR) is 108 cm³/mol. The van der Waals surface area contributed by atoms with E-state index in [9.17, 15) is 10.1 Å². The van der Waals surface area contributed by atoms with E-state index in [0.717, 1.165) is 17.0 Å². The van der Waals surface area contributed by atoms with Gasteiger partial charge in [0.15, 0.2) is 0 Å². The number of halogens is 1. The van der Waals surface area contributed by atoms with Crippen LogP contribution in [0.2, 0.25) is 0 Å². The van der Waals surface area contributed by atoms with Crippen LogP contribution in [-0.4, -0.2) is 32.1 Å². The maximum atomic E-state index is 12.8. The van der Waals surface area contributed by atoms with E-state index in [4.69, 9.17) is 10.5 Å². The summed E-state index contributed by atoms with van der Waals surface area (Å²) >= 11 is 1.59. The number of methoxy groups -OCH3 is 1. The molecule has 0 aliphatic carbocycles. The summed E-state index contributed by atoms with van der Waals surface area (Å²) < 4.78 is 5.21. The highest BCUT2D eigenvalue weighted by atomic mass is 35.5. The SMILES string of the molecule is COc1ccc([C@@]2(NC(=O)[C@@H](N)Cc3cccs3)CCNC2)c(C#N)c1.Cl. The van der Waals surface area contributed by atoms with Crippen LogP contribution in [0.3, 0.4) is 0 Å². The van der Waals surface area contributed by atoms with E-state index < -0.39 is 11.6 Å². The van der Waals surface area contributed by atoms with Crippen LogP contribution >= 0.6 is 23.7 Å². The Morgan fingerprint density at radius 2 is 2.33 bits per heavy atom. The highest BCUT2D eigenvalue weighted by Crippen LogP contribution is 2.32. The topological polar surface area (TPSA) is 100 Å². The van der Waals surface area contributed by atoms with Gasteiger partial charge in [-0.25, -0.2) is 0 Å². The van der Waals surface area contributed by atoms with Gasteiger partial charge in [0.05, 0.1) is 30.3 Å². The van der Waals surface area contributed by atoms with Crippen molar-refractivity contribution in [3.05, 3.63) is 51.7 Å². The monoisotopic (exact) mass is 406 g/mol. The quantitative estimate of drug-likeness (QED) is 0.680. The third kappa shape index (κ3) is 4.60. The average molecular weight is 407 g/mol. The van der Waals surface area contributed by atoms with Crippen LogP contribution in [-0.2, 0) is 16.8 Å². The van der Waals surface area contributed by atoms with Gasteiger partial charge in [0.2, 0.25) is 5.91 Å². The Labute approximate surface area is 169 Å². The first-order valence-electron chi connectivity index (χ1n) is 8.47. The first kappa shape index (κ1) is 21.2. The zero-order valence-corrected chi connectivity index (χ0v) is 16.7. The summed E-state index contributed by atoms with van der Waals surface area (Å²) in [5, 5.41) is 17.9. The summed E-state index contributed by atoms with van der Waals surface area (Å²) in [6, 6.07) is 10.9. The largest absolute Gasteiger partial charge is 0.497 e. The van der Waals surface area contributed by atoms with Crippen molar-refractivity contribution in [2.24, 2.45) is 5.73 Å². The molecule has 1 aromatic heterocycles. The second-order valence-corrected chi connectivity index (χ2v) is 7.44. The van der Waals surface area contributed by atoms with Crippen LogP contribution in [0.15, 0.2) is 35.7 Å². The minimum absolute atomic E-state index is 0. The highest BCUT2D eigenvalue weighted by Gasteiger charge is 2.39. The molecule has 27 heavy (non-hydrogen) atoms. The van der Waals surface area contributed by atoms with Gasteiger partial charge < -0.3 is 21.1 Å². The maximum absolute atomic E-state index is 12.8. The third-order valence-electron chi connectivity index (χ3n) is 4.72. The Balaban J connectivity index is 0.00000261. The lowest BCUT2D eigenvalue weighted by Crippen LogP contribution is -2.53. The number of nitriles is 1. The Bertz CT molecular complexity index is 814. The molecule has 144 valence electrons. The van der Waals surface area contributed by atoms with Gasteiger partial charge in [-0.05, 0) is 42.1 Å². The summed E-state index contributed by atoms with van der Waals surface area (Å²) in [4.78, 5) is 13.8. The average Bonchev–Trinajstić information content (AvgIpc) is 3.33. The van der Waals surface area contributed by atoms with E-state index in [0.29, 0.717) is 30.7 Å². The molecule has 6 nitrogen and oxygen atoms in total. The first-order valence-corrected chi connectivity index (χ1v) is 9.35. The Hall–Kier alpha value is -2.11. The lowest BCUT2D eigenvalue weighted by atomic mass is 9.85. The summed E-state index contributed by atoms with van der Waals surface area (Å²) in [6.07, 6.45) is 1.20. The van der Waals surface area contributed by atoms with Crippen molar-refractivity contribution in [2.45, 2.75) is 24.4 Å². The Kier molecular flexibility index (Phi) is 7.22. The second kappa shape index (κ2) is 9.20. The number of nitrogens with one attached hydrogen (secondary N) is 2. The fourth-order valence-corrected chi connectivity index (χ4v) is 4.09. The fourth-order valence-electron chi connectivity index (χ4n) is 3.32. The van der Waals surface area contributed by atoms with Crippen molar-refractivity contribution in [3.63, 3.8) is 0 Å². The van der Waals surface area contributed by atoms with Crippen molar-refractivity contribution in [3.8, 4) is 11.8 Å². The van der Waals surface area contributed by atoms with E-state index in [1.165, 1.54) is 0 Å². The number of carbonyl (C=O) groups is 1. The molecule has 8 heteroatoms. The number of nitrogens with two attached hydrogens (primary N) is 1. The Morgan fingerprint density at radius 3 is 2.93 bits per heavy atom. The zero-order valence-electron chi connectivity index (χ0n) is 15.0. The number of amides is 1. The summed E-state index contributed by atoms with van der Waals surface area (Å²) in [6.45, 7) is 1.32. The molecule has 1 aromatic carbocycles. The fraction of sp³-hybridized carbons (Fsp3) is 0.368. The minimum atomic E-state index is -0.637. The molecule has 1 aliphatic rings. The normalized spacial score (nSPS) is 19.6. The van der Waals surface area contributed by atoms with Crippen LogP contribution in [0.4, 0.5) is 0 Å². The van der Waals surface area contributed by atoms with E-state index in [2.05, 4.69) is 16.7 Å². The molecule has 2 aromatic rings. The molecule has 0 unspecified atom stereocenters. The van der Waals surface area contributed by atoms with E-state index in [1.54, 1.807) is 24.5 Å². The molecule has 1 fully saturated rings. The van der Waals surface area contributed by atoms with Crippen molar-refractivity contribution < 1.29 is 9.53 Å². The van der Waals surface area contributed by atoms with E-state index in [1.807, 2.05) is 29.6 Å². The summed E-state index contributed by atoms with van der Waals surface area (Å²) in [5.74, 6) is 0.411. The van der Waals surface area contributed by atoms with Gasteiger partial charge in [-0.2, -0.15) is 5.26 Å². The van der Waals surface area contributed by atoms with Crippen molar-refractivity contribution >= 4 is 29.7 Å². The number of hydrogen-bond acceptors (Lipinski definition) is 6. The molecule has 1 saturated heterocycles. The number of carbonyl (C=O) groups excluding carboxylic acids is 1. The maximum Gasteiger partial charge on any atom is 0.238 e.